The van der Waals surface area contributed by atoms with Crippen molar-refractivity contribution in [2.45, 2.75) is 25.4 Å². The number of hydrogen-bond acceptors (Lipinski definition) is 12. The number of amides is 1. The highest BCUT2D eigenvalue weighted by Gasteiger charge is 2.21. The van der Waals surface area contributed by atoms with E-state index < -0.39 is 35.1 Å². The number of carboxylic acid groups (broad SMARTS) is 2. The molecule has 0 fully saturated rings. The molecule has 0 bridgehead atoms. The number of carbonyl (C=O) groups is 3. The van der Waals surface area contributed by atoms with Crippen LogP contribution in [0.1, 0.15) is 28.9 Å². The highest BCUT2D eigenvalue weighted by Crippen LogP contribution is 2.19. The Kier molecular flexibility index (Phi) is 9.77. The minimum atomic E-state index is -1.30. The number of carboxylic acids is 2. The molecular formula is C24H25FN10O7. The molecule has 0 saturated heterocycles. The lowest BCUT2D eigenvalue weighted by Crippen LogP contribution is -2.41. The molecule has 0 spiro atoms. The number of aromatic nitrogens is 6. The first kappa shape index (κ1) is 30.6. The second-order valence-electron chi connectivity index (χ2n) is 8.62. The molecule has 18 heteroatoms. The number of anilines is 3. The summed E-state index contributed by atoms with van der Waals surface area (Å²) in [5, 5.41) is 20.2. The summed E-state index contributed by atoms with van der Waals surface area (Å²) in [4.78, 5) is 74.6. The van der Waals surface area contributed by atoms with Crippen LogP contribution in [0.25, 0.3) is 11.2 Å². The van der Waals surface area contributed by atoms with Gasteiger partial charge in [-0.2, -0.15) is 9.97 Å². The standard InChI is InChI=1S/C20H22N8O5.C4H3FN2O2/c1-28(9-11-8-23-17-15(24-11)16(21)26-20(22)27-17)12-4-2-10(3-5-12)18(31)25-13(19(32)33)6-7-14(29)30;5-7-2-1-3(8)6-4(7)9/h2-5,8,13H,6-7,9H2,1H3,(H,25,31)(H,29,30)(H,32,33)(H4,21,22,23,26,27);1-2H,(H,6,8,9). The van der Waals surface area contributed by atoms with E-state index in [0.29, 0.717) is 23.4 Å². The third-order valence-electron chi connectivity index (χ3n) is 5.50. The van der Waals surface area contributed by atoms with Gasteiger partial charge in [0.05, 0.1) is 18.4 Å². The summed E-state index contributed by atoms with van der Waals surface area (Å²) in [6.07, 6.45) is 1.72. The van der Waals surface area contributed by atoms with Gasteiger partial charge in [0.1, 0.15) is 6.04 Å². The number of nitrogens with one attached hydrogen (secondary N) is 2. The third kappa shape index (κ3) is 8.28. The number of hydrogen-bond donors (Lipinski definition) is 6. The van der Waals surface area contributed by atoms with Gasteiger partial charge in [-0.3, -0.25) is 19.4 Å². The van der Waals surface area contributed by atoms with Crippen LogP contribution in [-0.4, -0.2) is 70.9 Å². The lowest BCUT2D eigenvalue weighted by atomic mass is 10.1. The van der Waals surface area contributed by atoms with E-state index in [1.165, 1.54) is 12.1 Å². The van der Waals surface area contributed by atoms with Gasteiger partial charge in [0.2, 0.25) is 5.95 Å². The molecule has 0 aliphatic carbocycles. The van der Waals surface area contributed by atoms with Crippen molar-refractivity contribution in [1.29, 1.82) is 0 Å². The molecule has 4 aromatic rings. The average Bonchev–Trinajstić information content (AvgIpc) is 2.93. The monoisotopic (exact) mass is 584 g/mol. The summed E-state index contributed by atoms with van der Waals surface area (Å²) in [5.74, 6) is -2.91. The number of H-pyrrole nitrogens is 1. The van der Waals surface area contributed by atoms with Crippen molar-refractivity contribution in [3.63, 3.8) is 0 Å². The summed E-state index contributed by atoms with van der Waals surface area (Å²) in [6, 6.07) is 6.08. The van der Waals surface area contributed by atoms with Gasteiger partial charge in [-0.25, -0.2) is 19.6 Å². The number of benzene rings is 1. The van der Waals surface area contributed by atoms with Gasteiger partial charge in [-0.1, -0.05) is 4.48 Å². The molecule has 220 valence electrons. The van der Waals surface area contributed by atoms with Crippen LogP contribution in [0.15, 0.2) is 52.3 Å². The zero-order valence-corrected chi connectivity index (χ0v) is 21.9. The Morgan fingerprint density at radius 1 is 1.10 bits per heavy atom. The molecular weight excluding hydrogens is 559 g/mol. The van der Waals surface area contributed by atoms with E-state index in [1.54, 1.807) is 23.3 Å². The Balaban J connectivity index is 0.000000458. The zero-order chi connectivity index (χ0) is 31.0. The topological polar surface area (TPSA) is 265 Å². The third-order valence-corrected chi connectivity index (χ3v) is 5.50. The van der Waals surface area contributed by atoms with Gasteiger partial charge >= 0.3 is 17.6 Å². The smallest absolute Gasteiger partial charge is 0.356 e. The van der Waals surface area contributed by atoms with Crippen LogP contribution in [0.5, 0.6) is 0 Å². The Morgan fingerprint density at radius 2 is 1.79 bits per heavy atom. The largest absolute Gasteiger partial charge is 0.481 e. The summed E-state index contributed by atoms with van der Waals surface area (Å²) < 4.78 is 11.9. The van der Waals surface area contributed by atoms with Crippen LogP contribution in [0.2, 0.25) is 0 Å². The molecule has 8 N–H and O–H groups in total. The number of aromatic amines is 1. The van der Waals surface area contributed by atoms with E-state index in [1.807, 2.05) is 11.9 Å². The van der Waals surface area contributed by atoms with Gasteiger partial charge in [0.25, 0.3) is 11.5 Å². The summed E-state index contributed by atoms with van der Waals surface area (Å²) in [7, 11) is 1.82. The number of nitrogens with two attached hydrogens (primary N) is 2. The number of nitrogens with zero attached hydrogens (tertiary/aromatic N) is 6. The van der Waals surface area contributed by atoms with E-state index in [9.17, 15) is 33.6 Å². The van der Waals surface area contributed by atoms with Crippen LogP contribution in [0.3, 0.4) is 0 Å². The Morgan fingerprint density at radius 3 is 2.38 bits per heavy atom. The first-order valence-electron chi connectivity index (χ1n) is 11.9. The number of fused-ring (bicyclic) bond motifs is 1. The summed E-state index contributed by atoms with van der Waals surface area (Å²) in [6.45, 7) is 0.370. The zero-order valence-electron chi connectivity index (χ0n) is 21.9. The lowest BCUT2D eigenvalue weighted by Gasteiger charge is -2.19. The molecule has 3 aromatic heterocycles. The molecule has 3 heterocycles. The van der Waals surface area contributed by atoms with Gasteiger partial charge in [0.15, 0.2) is 17.0 Å². The number of rotatable bonds is 9. The molecule has 1 amide bonds. The Labute approximate surface area is 234 Å². The van der Waals surface area contributed by atoms with Crippen LogP contribution < -0.4 is 32.9 Å². The first-order chi connectivity index (χ1) is 19.8. The Bertz CT molecular complexity index is 1730. The molecule has 17 nitrogen and oxygen atoms in total. The number of aliphatic carboxylic acids is 2. The fraction of sp³-hybridized carbons (Fsp3) is 0.208. The number of nitrogen functional groups attached to an aromatic ring is 2. The maximum absolute atomic E-state index is 12.4. The van der Waals surface area contributed by atoms with Gasteiger partial charge < -0.3 is 31.9 Å². The van der Waals surface area contributed by atoms with Crippen LogP contribution in [0, 0.1) is 0 Å². The van der Waals surface area contributed by atoms with Crippen molar-refractivity contribution in [2.75, 3.05) is 23.4 Å². The predicted octanol–water partition coefficient (Wildman–Crippen LogP) is -0.462. The normalized spacial score (nSPS) is 11.2. The first-order valence-corrected chi connectivity index (χ1v) is 11.9. The van der Waals surface area contributed by atoms with Crippen molar-refractivity contribution in [2.24, 2.45) is 0 Å². The molecule has 1 atom stereocenters. The average molecular weight is 585 g/mol. The highest BCUT2D eigenvalue weighted by molar-refractivity contribution is 5.97. The Hall–Kier alpha value is -5.94. The predicted molar refractivity (Wildman–Crippen MR) is 146 cm³/mol. The quantitative estimate of drug-likeness (QED) is 0.145. The minimum absolute atomic E-state index is 0.0138. The molecule has 42 heavy (non-hydrogen) atoms. The lowest BCUT2D eigenvalue weighted by molar-refractivity contribution is -0.140. The minimum Gasteiger partial charge on any atom is -0.481 e. The summed E-state index contributed by atoms with van der Waals surface area (Å²) >= 11 is 0. The van der Waals surface area contributed by atoms with Crippen molar-refractivity contribution in [1.82, 2.24) is 35.0 Å². The van der Waals surface area contributed by atoms with E-state index >= 15 is 0 Å². The van der Waals surface area contributed by atoms with Gasteiger partial charge in [0, 0.05) is 37.0 Å². The molecule has 1 aromatic carbocycles. The van der Waals surface area contributed by atoms with Crippen LogP contribution in [-0.2, 0) is 16.1 Å². The maximum Gasteiger partial charge on any atom is 0.356 e. The molecule has 0 aliphatic heterocycles. The van der Waals surface area contributed by atoms with E-state index in [0.717, 1.165) is 18.0 Å². The van der Waals surface area contributed by atoms with Crippen molar-refractivity contribution in [3.8, 4) is 0 Å². The van der Waals surface area contributed by atoms with Crippen LogP contribution >= 0.6 is 0 Å². The molecule has 0 aliphatic rings. The molecule has 1 unspecified atom stereocenters. The van der Waals surface area contributed by atoms with Crippen molar-refractivity contribution >= 4 is 46.5 Å². The van der Waals surface area contributed by atoms with Gasteiger partial charge in [-0.15, -0.1) is 4.79 Å². The fourth-order valence-corrected chi connectivity index (χ4v) is 3.43. The number of carbonyl (C=O) groups excluding carboxylic acids is 1. The molecule has 4 rings (SSSR count). The van der Waals surface area contributed by atoms with Crippen molar-refractivity contribution in [3.05, 3.63) is 74.8 Å². The highest BCUT2D eigenvalue weighted by atomic mass is 19.2. The van der Waals surface area contributed by atoms with Crippen LogP contribution in [0.4, 0.5) is 21.9 Å². The summed E-state index contributed by atoms with van der Waals surface area (Å²) in [5.41, 5.74) is 12.0. The van der Waals surface area contributed by atoms with E-state index in [4.69, 9.17) is 16.6 Å². The second-order valence-corrected chi connectivity index (χ2v) is 8.62. The molecule has 0 radical (unpaired) electrons. The van der Waals surface area contributed by atoms with E-state index in [-0.39, 0.29) is 35.0 Å². The number of halogens is 1. The fourth-order valence-electron chi connectivity index (χ4n) is 3.43. The van der Waals surface area contributed by atoms with E-state index in [2.05, 4.69) is 25.3 Å². The second kappa shape index (κ2) is 13.4. The maximum atomic E-state index is 12.4. The SMILES string of the molecule is CN(Cc1cnc2nc(N)nc(N)c2n1)c1ccc(C(=O)NC(CCC(=O)O)C(=O)O)cc1.O=c1ccn(F)c(=O)[nH]1. The molecule has 0 saturated carbocycles. The van der Waals surface area contributed by atoms with Gasteiger partial charge in [-0.05, 0) is 30.7 Å². The van der Waals surface area contributed by atoms with Crippen molar-refractivity contribution < 1.29 is 29.1 Å².